The van der Waals surface area contributed by atoms with Gasteiger partial charge in [-0.05, 0) is 57.7 Å². The van der Waals surface area contributed by atoms with Gasteiger partial charge in [0, 0.05) is 16.7 Å². The second-order valence-electron chi connectivity index (χ2n) is 5.78. The molecule has 2 aromatic rings. The number of rotatable bonds is 7. The number of halogens is 1. The van der Waals surface area contributed by atoms with Crippen molar-refractivity contribution in [2.45, 2.75) is 13.3 Å². The van der Waals surface area contributed by atoms with E-state index in [1.165, 1.54) is 6.20 Å². The third-order valence-electron chi connectivity index (χ3n) is 3.41. The minimum absolute atomic E-state index is 0.271. The third-order valence-corrected chi connectivity index (χ3v) is 3.90. The van der Waals surface area contributed by atoms with Gasteiger partial charge in [0.1, 0.15) is 11.5 Å². The summed E-state index contributed by atoms with van der Waals surface area (Å²) in [6.07, 6.45) is 4.08. The molecule has 128 valence electrons. The molecule has 0 aliphatic rings. The number of nitrogens with zero attached hydrogens (tertiary/aromatic N) is 3. The maximum Gasteiger partial charge on any atom is 0.275 e. The molecule has 1 heterocycles. The first kappa shape index (κ1) is 18.4. The predicted molar refractivity (Wildman–Crippen MR) is 101 cm³/mol. The molecule has 0 fully saturated rings. The molecule has 0 bridgehead atoms. The first-order chi connectivity index (χ1) is 11.5. The number of carbonyl (C=O) groups is 1. The quantitative estimate of drug-likeness (QED) is 0.709. The van der Waals surface area contributed by atoms with Gasteiger partial charge in [-0.2, -0.15) is 0 Å². The van der Waals surface area contributed by atoms with Crippen LogP contribution in [0.15, 0.2) is 35.1 Å². The van der Waals surface area contributed by atoms with E-state index in [9.17, 15) is 4.79 Å². The van der Waals surface area contributed by atoms with Crippen LogP contribution in [0, 0.1) is 6.92 Å². The Hall–Kier alpha value is -1.99. The van der Waals surface area contributed by atoms with Gasteiger partial charge in [0.15, 0.2) is 0 Å². The molecule has 2 rings (SSSR count). The Morgan fingerprint density at radius 1 is 1.25 bits per heavy atom. The van der Waals surface area contributed by atoms with Crippen molar-refractivity contribution >= 4 is 33.3 Å². The number of nitrogens with one attached hydrogen (secondary N) is 2. The summed E-state index contributed by atoms with van der Waals surface area (Å²) in [4.78, 5) is 22.8. The average molecular weight is 392 g/mol. The molecule has 7 heteroatoms. The second-order valence-corrected chi connectivity index (χ2v) is 6.70. The summed E-state index contributed by atoms with van der Waals surface area (Å²) in [5.41, 5.74) is 2.02. The topological polar surface area (TPSA) is 70.2 Å². The molecule has 24 heavy (non-hydrogen) atoms. The maximum absolute atomic E-state index is 12.2. The highest BCUT2D eigenvalue weighted by Crippen LogP contribution is 2.20. The highest BCUT2D eigenvalue weighted by molar-refractivity contribution is 9.10. The number of carbonyl (C=O) groups excluding carboxylic acids is 1. The molecule has 2 N–H and O–H groups in total. The number of aromatic nitrogens is 2. The zero-order valence-corrected chi connectivity index (χ0v) is 15.7. The average Bonchev–Trinajstić information content (AvgIpc) is 2.54. The van der Waals surface area contributed by atoms with Gasteiger partial charge in [0.25, 0.3) is 5.91 Å². The third kappa shape index (κ3) is 5.58. The van der Waals surface area contributed by atoms with Crippen LogP contribution in [0.4, 0.5) is 11.5 Å². The van der Waals surface area contributed by atoms with E-state index in [1.54, 1.807) is 6.20 Å². The molecule has 0 atom stereocenters. The van der Waals surface area contributed by atoms with Crippen LogP contribution in [0.3, 0.4) is 0 Å². The van der Waals surface area contributed by atoms with Gasteiger partial charge < -0.3 is 15.5 Å². The Labute approximate surface area is 150 Å². The van der Waals surface area contributed by atoms with Gasteiger partial charge in [-0.3, -0.25) is 4.79 Å². The summed E-state index contributed by atoms with van der Waals surface area (Å²) in [5, 5.41) is 6.04. The molecule has 0 spiro atoms. The minimum atomic E-state index is -0.271. The van der Waals surface area contributed by atoms with Crippen LogP contribution in [0.5, 0.6) is 0 Å². The van der Waals surface area contributed by atoms with Crippen LogP contribution in [0.25, 0.3) is 0 Å². The lowest BCUT2D eigenvalue weighted by Gasteiger charge is -2.10. The lowest BCUT2D eigenvalue weighted by molar-refractivity contribution is 0.102. The van der Waals surface area contributed by atoms with Crippen molar-refractivity contribution in [1.29, 1.82) is 0 Å². The summed E-state index contributed by atoms with van der Waals surface area (Å²) in [5.74, 6) is 0.400. The number of anilines is 2. The van der Waals surface area contributed by atoms with Gasteiger partial charge in [-0.15, -0.1) is 0 Å². The van der Waals surface area contributed by atoms with E-state index in [-0.39, 0.29) is 11.6 Å². The number of hydrogen-bond donors (Lipinski definition) is 2. The molecule has 1 amide bonds. The molecule has 0 saturated carbocycles. The zero-order chi connectivity index (χ0) is 17.5. The lowest BCUT2D eigenvalue weighted by Crippen LogP contribution is -2.17. The Morgan fingerprint density at radius 3 is 2.67 bits per heavy atom. The maximum atomic E-state index is 12.2. The van der Waals surface area contributed by atoms with Gasteiger partial charge in [0.2, 0.25) is 0 Å². The van der Waals surface area contributed by atoms with Crippen LogP contribution < -0.4 is 10.6 Å². The van der Waals surface area contributed by atoms with Crippen LogP contribution in [0.1, 0.15) is 22.5 Å². The number of aryl methyl sites for hydroxylation is 1. The summed E-state index contributed by atoms with van der Waals surface area (Å²) in [7, 11) is 4.08. The Kier molecular flexibility index (Phi) is 6.69. The first-order valence-corrected chi connectivity index (χ1v) is 8.53. The predicted octanol–water partition coefficient (Wildman–Crippen LogP) is 3.16. The van der Waals surface area contributed by atoms with Gasteiger partial charge >= 0.3 is 0 Å². The van der Waals surface area contributed by atoms with E-state index in [2.05, 4.69) is 41.4 Å². The van der Waals surface area contributed by atoms with E-state index >= 15 is 0 Å². The largest absolute Gasteiger partial charge is 0.369 e. The number of benzene rings is 1. The molecular formula is C17H22BrN5O. The van der Waals surface area contributed by atoms with E-state index in [0.29, 0.717) is 5.82 Å². The van der Waals surface area contributed by atoms with Crippen LogP contribution in [-0.4, -0.2) is 48.0 Å². The molecule has 1 aromatic carbocycles. The molecule has 0 aliphatic carbocycles. The number of amides is 1. The Morgan fingerprint density at radius 2 is 2.04 bits per heavy atom. The highest BCUT2D eigenvalue weighted by Gasteiger charge is 2.10. The van der Waals surface area contributed by atoms with E-state index < -0.39 is 0 Å². The summed E-state index contributed by atoms with van der Waals surface area (Å²) in [6.45, 7) is 3.76. The van der Waals surface area contributed by atoms with Gasteiger partial charge in [-0.1, -0.05) is 15.9 Å². The summed E-state index contributed by atoms with van der Waals surface area (Å²) >= 11 is 3.40. The highest BCUT2D eigenvalue weighted by atomic mass is 79.9. The lowest BCUT2D eigenvalue weighted by atomic mass is 10.2. The fourth-order valence-corrected chi connectivity index (χ4v) is 2.58. The minimum Gasteiger partial charge on any atom is -0.369 e. The molecule has 0 unspecified atom stereocenters. The molecule has 0 saturated heterocycles. The SMILES string of the molecule is Cc1cc(Br)ccc1NC(=O)c1cnc(NCCCN(C)C)cn1. The summed E-state index contributed by atoms with van der Waals surface area (Å²) < 4.78 is 0.975. The van der Waals surface area contributed by atoms with Crippen molar-refractivity contribution in [3.63, 3.8) is 0 Å². The molecular weight excluding hydrogens is 370 g/mol. The normalized spacial score (nSPS) is 10.7. The van der Waals surface area contributed by atoms with Crippen LogP contribution in [0.2, 0.25) is 0 Å². The van der Waals surface area contributed by atoms with Gasteiger partial charge in [-0.25, -0.2) is 9.97 Å². The standard InChI is InChI=1S/C17H22BrN5O/c1-12-9-13(18)5-6-14(12)22-17(24)15-10-21-16(11-20-15)19-7-4-8-23(2)3/h5-6,9-11H,4,7-8H2,1-3H3,(H,19,21)(H,22,24). The Balaban J connectivity index is 1.91. The van der Waals surface area contributed by atoms with Crippen LogP contribution in [-0.2, 0) is 0 Å². The van der Waals surface area contributed by atoms with Crippen molar-refractivity contribution in [2.75, 3.05) is 37.8 Å². The van der Waals surface area contributed by atoms with E-state index in [0.717, 1.165) is 35.2 Å². The molecule has 0 radical (unpaired) electrons. The fourth-order valence-electron chi connectivity index (χ4n) is 2.10. The zero-order valence-electron chi connectivity index (χ0n) is 14.1. The van der Waals surface area contributed by atoms with E-state index in [4.69, 9.17) is 0 Å². The first-order valence-electron chi connectivity index (χ1n) is 7.74. The van der Waals surface area contributed by atoms with Crippen molar-refractivity contribution in [3.05, 3.63) is 46.3 Å². The smallest absolute Gasteiger partial charge is 0.275 e. The van der Waals surface area contributed by atoms with Crippen molar-refractivity contribution < 1.29 is 4.79 Å². The number of hydrogen-bond acceptors (Lipinski definition) is 5. The van der Waals surface area contributed by atoms with Crippen molar-refractivity contribution in [3.8, 4) is 0 Å². The Bertz CT molecular complexity index is 688. The molecule has 0 aliphatic heterocycles. The molecule has 1 aromatic heterocycles. The molecule has 6 nitrogen and oxygen atoms in total. The van der Waals surface area contributed by atoms with E-state index in [1.807, 2.05) is 39.2 Å². The van der Waals surface area contributed by atoms with Gasteiger partial charge in [0.05, 0.1) is 12.4 Å². The fraction of sp³-hybridized carbons (Fsp3) is 0.353. The van der Waals surface area contributed by atoms with Crippen LogP contribution >= 0.6 is 15.9 Å². The summed E-state index contributed by atoms with van der Waals surface area (Å²) in [6, 6.07) is 5.68. The second kappa shape index (κ2) is 8.75. The van der Waals surface area contributed by atoms with Crippen molar-refractivity contribution in [1.82, 2.24) is 14.9 Å². The monoisotopic (exact) mass is 391 g/mol. The van der Waals surface area contributed by atoms with Crippen molar-refractivity contribution in [2.24, 2.45) is 0 Å².